The summed E-state index contributed by atoms with van der Waals surface area (Å²) in [6.45, 7) is 3.67. The summed E-state index contributed by atoms with van der Waals surface area (Å²) in [4.78, 5) is 25.6. The Hall–Kier alpha value is -1.69. The van der Waals surface area contributed by atoms with Gasteiger partial charge >= 0.3 is 5.97 Å². The van der Waals surface area contributed by atoms with Crippen molar-refractivity contribution in [2.45, 2.75) is 38.1 Å². The van der Waals surface area contributed by atoms with Crippen LogP contribution in [-0.4, -0.2) is 44.2 Å². The number of carboxylic acids is 1. The molecule has 1 heterocycles. The van der Waals surface area contributed by atoms with E-state index >= 15 is 0 Å². The molecule has 2 atom stereocenters. The molecule has 0 aromatic heterocycles. The van der Waals surface area contributed by atoms with E-state index in [2.05, 4.69) is 0 Å². The molecule has 0 radical (unpaired) electrons. The van der Waals surface area contributed by atoms with Crippen LogP contribution in [0.3, 0.4) is 0 Å². The zero-order valence-electron chi connectivity index (χ0n) is 12.1. The van der Waals surface area contributed by atoms with Crippen LogP contribution in [0.15, 0.2) is 18.2 Å². The highest BCUT2D eigenvalue weighted by Crippen LogP contribution is 2.34. The minimum Gasteiger partial charge on any atom is -0.508 e. The molecule has 5 nitrogen and oxygen atoms in total. The predicted molar refractivity (Wildman–Crippen MR) is 81.6 cm³/mol. The van der Waals surface area contributed by atoms with Crippen molar-refractivity contribution >= 4 is 23.6 Å². The first-order valence-electron chi connectivity index (χ1n) is 6.93. The number of aromatic hydroxyl groups is 1. The smallest absolute Gasteiger partial charge is 0.327 e. The summed E-state index contributed by atoms with van der Waals surface area (Å²) in [6.07, 6.45) is 1.64. The van der Waals surface area contributed by atoms with Crippen LogP contribution >= 0.6 is 11.8 Å². The minimum atomic E-state index is -0.979. The standard InChI is InChI=1S/C15H19NO4S/c1-3-5-13-16(11(8-21-13)15(19)20)14(18)10-6-4-7-12(17)9(10)2/h4,6-7,11,13,17H,3,5,8H2,1-2H3,(H,19,20). The molecule has 1 saturated heterocycles. The lowest BCUT2D eigenvalue weighted by Crippen LogP contribution is -2.45. The van der Waals surface area contributed by atoms with E-state index in [1.807, 2.05) is 6.92 Å². The van der Waals surface area contributed by atoms with Gasteiger partial charge in [-0.2, -0.15) is 0 Å². The van der Waals surface area contributed by atoms with Crippen molar-refractivity contribution in [1.82, 2.24) is 4.90 Å². The van der Waals surface area contributed by atoms with E-state index in [0.717, 1.165) is 12.8 Å². The largest absolute Gasteiger partial charge is 0.508 e. The van der Waals surface area contributed by atoms with Gasteiger partial charge in [-0.1, -0.05) is 19.4 Å². The second kappa shape index (κ2) is 6.39. The number of phenolic OH excluding ortho intramolecular Hbond substituents is 1. The molecular formula is C15H19NO4S. The number of aliphatic carboxylic acids is 1. The summed E-state index contributed by atoms with van der Waals surface area (Å²) < 4.78 is 0. The van der Waals surface area contributed by atoms with Crippen LogP contribution in [0.4, 0.5) is 0 Å². The summed E-state index contributed by atoms with van der Waals surface area (Å²) in [5.41, 5.74) is 0.851. The van der Waals surface area contributed by atoms with Gasteiger partial charge in [-0.3, -0.25) is 4.79 Å². The number of rotatable bonds is 4. The van der Waals surface area contributed by atoms with Gasteiger partial charge < -0.3 is 15.1 Å². The van der Waals surface area contributed by atoms with Gasteiger partial charge in [-0.15, -0.1) is 11.8 Å². The number of carbonyl (C=O) groups is 2. The van der Waals surface area contributed by atoms with Gasteiger partial charge in [0.05, 0.1) is 5.37 Å². The Morgan fingerprint density at radius 2 is 2.14 bits per heavy atom. The van der Waals surface area contributed by atoms with Crippen LogP contribution in [0.1, 0.15) is 35.7 Å². The molecule has 2 unspecified atom stereocenters. The molecule has 1 aliphatic heterocycles. The van der Waals surface area contributed by atoms with Crippen LogP contribution < -0.4 is 0 Å². The van der Waals surface area contributed by atoms with Crippen LogP contribution in [-0.2, 0) is 4.79 Å². The Balaban J connectivity index is 2.37. The SMILES string of the molecule is CCCC1SCC(C(=O)O)N1C(=O)c1cccc(O)c1C. The Morgan fingerprint density at radius 3 is 2.76 bits per heavy atom. The monoisotopic (exact) mass is 309 g/mol. The third-order valence-electron chi connectivity index (χ3n) is 3.68. The number of thioether (sulfide) groups is 1. The third kappa shape index (κ3) is 3.00. The van der Waals surface area contributed by atoms with E-state index in [4.69, 9.17) is 0 Å². The highest BCUT2D eigenvalue weighted by atomic mass is 32.2. The lowest BCUT2D eigenvalue weighted by Gasteiger charge is -2.28. The van der Waals surface area contributed by atoms with Gasteiger partial charge in [0.15, 0.2) is 0 Å². The third-order valence-corrected chi connectivity index (χ3v) is 5.04. The predicted octanol–water partition coefficient (Wildman–Crippen LogP) is 2.47. The van der Waals surface area contributed by atoms with Crippen LogP contribution in [0.5, 0.6) is 5.75 Å². The fourth-order valence-electron chi connectivity index (χ4n) is 2.49. The number of carbonyl (C=O) groups excluding carboxylic acids is 1. The average molecular weight is 309 g/mol. The maximum absolute atomic E-state index is 12.8. The second-order valence-electron chi connectivity index (χ2n) is 5.09. The molecule has 0 aliphatic carbocycles. The fraction of sp³-hybridized carbons (Fsp3) is 0.467. The number of nitrogens with zero attached hydrogens (tertiary/aromatic N) is 1. The van der Waals surface area contributed by atoms with Gasteiger partial charge in [-0.05, 0) is 25.5 Å². The molecule has 1 aromatic rings. The molecule has 0 saturated carbocycles. The second-order valence-corrected chi connectivity index (χ2v) is 6.30. The van der Waals surface area contributed by atoms with Crippen molar-refractivity contribution in [1.29, 1.82) is 0 Å². The van der Waals surface area contributed by atoms with Gasteiger partial charge in [0.2, 0.25) is 0 Å². The lowest BCUT2D eigenvalue weighted by atomic mass is 10.1. The Labute approximate surface area is 128 Å². The first kappa shape index (κ1) is 15.7. The number of phenols is 1. The molecular weight excluding hydrogens is 290 g/mol. The number of benzene rings is 1. The van der Waals surface area contributed by atoms with Crippen molar-refractivity contribution < 1.29 is 19.8 Å². The molecule has 2 rings (SSSR count). The number of hydrogen-bond acceptors (Lipinski definition) is 4. The van der Waals surface area contributed by atoms with E-state index in [9.17, 15) is 19.8 Å². The number of hydrogen-bond donors (Lipinski definition) is 2. The van der Waals surface area contributed by atoms with Crippen molar-refractivity contribution in [2.75, 3.05) is 5.75 Å². The topological polar surface area (TPSA) is 77.8 Å². The van der Waals surface area contributed by atoms with Gasteiger partial charge in [0.25, 0.3) is 5.91 Å². The Bertz CT molecular complexity index is 561. The van der Waals surface area contributed by atoms with Gasteiger partial charge in [-0.25, -0.2) is 4.79 Å². The van der Waals surface area contributed by atoms with Gasteiger partial charge in [0.1, 0.15) is 11.8 Å². The highest BCUT2D eigenvalue weighted by molar-refractivity contribution is 8.00. The maximum Gasteiger partial charge on any atom is 0.327 e. The normalized spacial score (nSPS) is 21.5. The van der Waals surface area contributed by atoms with E-state index in [-0.39, 0.29) is 17.0 Å². The van der Waals surface area contributed by atoms with Crippen LogP contribution in [0.25, 0.3) is 0 Å². The van der Waals surface area contributed by atoms with E-state index < -0.39 is 12.0 Å². The molecule has 114 valence electrons. The summed E-state index contributed by atoms with van der Waals surface area (Å²) >= 11 is 1.51. The lowest BCUT2D eigenvalue weighted by molar-refractivity contribution is -0.141. The molecule has 1 aromatic carbocycles. The summed E-state index contributed by atoms with van der Waals surface area (Å²) in [5.74, 6) is -0.845. The molecule has 21 heavy (non-hydrogen) atoms. The van der Waals surface area contributed by atoms with E-state index in [0.29, 0.717) is 16.9 Å². The van der Waals surface area contributed by atoms with Crippen molar-refractivity contribution in [3.63, 3.8) is 0 Å². The molecule has 1 amide bonds. The number of amides is 1. The first-order valence-corrected chi connectivity index (χ1v) is 7.97. The maximum atomic E-state index is 12.8. The van der Waals surface area contributed by atoms with Gasteiger partial charge in [0, 0.05) is 16.9 Å². The summed E-state index contributed by atoms with van der Waals surface area (Å²) in [6, 6.07) is 3.94. The molecule has 1 fully saturated rings. The quantitative estimate of drug-likeness (QED) is 0.893. The van der Waals surface area contributed by atoms with Crippen LogP contribution in [0, 0.1) is 6.92 Å². The molecule has 2 N–H and O–H groups in total. The Kier molecular flexibility index (Phi) is 4.77. The van der Waals surface area contributed by atoms with Crippen molar-refractivity contribution in [2.24, 2.45) is 0 Å². The van der Waals surface area contributed by atoms with Crippen LogP contribution in [0.2, 0.25) is 0 Å². The first-order chi connectivity index (χ1) is 9.97. The highest BCUT2D eigenvalue weighted by Gasteiger charge is 2.41. The summed E-state index contributed by atoms with van der Waals surface area (Å²) in [7, 11) is 0. The average Bonchev–Trinajstić information content (AvgIpc) is 2.85. The van der Waals surface area contributed by atoms with E-state index in [1.165, 1.54) is 22.7 Å². The number of carboxylic acid groups (broad SMARTS) is 1. The zero-order valence-corrected chi connectivity index (χ0v) is 12.9. The fourth-order valence-corrected chi connectivity index (χ4v) is 4.00. The molecule has 1 aliphatic rings. The molecule has 0 spiro atoms. The minimum absolute atomic E-state index is 0.0478. The molecule has 6 heteroatoms. The van der Waals surface area contributed by atoms with Crippen molar-refractivity contribution in [3.05, 3.63) is 29.3 Å². The zero-order chi connectivity index (χ0) is 15.6. The summed E-state index contributed by atoms with van der Waals surface area (Å²) in [5, 5.41) is 19.0. The van der Waals surface area contributed by atoms with Crippen molar-refractivity contribution in [3.8, 4) is 5.75 Å². The molecule has 0 bridgehead atoms. The van der Waals surface area contributed by atoms with E-state index in [1.54, 1.807) is 19.1 Å². The Morgan fingerprint density at radius 1 is 1.43 bits per heavy atom.